The van der Waals surface area contributed by atoms with Crippen molar-refractivity contribution in [3.8, 4) is 0 Å². The second-order valence-electron chi connectivity index (χ2n) is 4.28. The fourth-order valence-corrected chi connectivity index (χ4v) is 2.21. The third kappa shape index (κ3) is 3.28. The predicted molar refractivity (Wildman–Crippen MR) is 78.2 cm³/mol. The van der Waals surface area contributed by atoms with Crippen LogP contribution in [0.15, 0.2) is 42.5 Å². The van der Waals surface area contributed by atoms with Crippen LogP contribution >= 0.6 is 23.2 Å². The summed E-state index contributed by atoms with van der Waals surface area (Å²) in [5.74, 6) is 0. The van der Waals surface area contributed by atoms with Crippen LogP contribution in [0.3, 0.4) is 0 Å². The van der Waals surface area contributed by atoms with Crippen LogP contribution in [0.2, 0.25) is 10.0 Å². The second kappa shape index (κ2) is 6.22. The quantitative estimate of drug-likeness (QED) is 0.680. The van der Waals surface area contributed by atoms with Gasteiger partial charge >= 0.3 is 0 Å². The Bertz CT molecular complexity index is 646. The van der Waals surface area contributed by atoms with E-state index >= 15 is 0 Å². The summed E-state index contributed by atoms with van der Waals surface area (Å²) >= 11 is 11.7. The van der Waals surface area contributed by atoms with E-state index in [4.69, 9.17) is 23.2 Å². The SMILES string of the molecule is O=[N+]([O-])c1ccccc1CC(O)c1ccc(Cl)c(Cl)c1. The molecule has 20 heavy (non-hydrogen) atoms. The van der Waals surface area contributed by atoms with Crippen molar-refractivity contribution < 1.29 is 10.0 Å². The lowest BCUT2D eigenvalue weighted by molar-refractivity contribution is -0.385. The number of halogens is 2. The number of hydrogen-bond donors (Lipinski definition) is 1. The number of nitrogens with zero attached hydrogens (tertiary/aromatic N) is 1. The van der Waals surface area contributed by atoms with E-state index in [1.54, 1.807) is 36.4 Å². The van der Waals surface area contributed by atoms with E-state index in [1.165, 1.54) is 6.07 Å². The van der Waals surface area contributed by atoms with Gasteiger partial charge in [0.15, 0.2) is 0 Å². The highest BCUT2D eigenvalue weighted by Gasteiger charge is 2.17. The Kier molecular flexibility index (Phi) is 4.60. The van der Waals surface area contributed by atoms with Crippen molar-refractivity contribution in [2.45, 2.75) is 12.5 Å². The van der Waals surface area contributed by atoms with E-state index in [-0.39, 0.29) is 12.1 Å². The van der Waals surface area contributed by atoms with E-state index in [0.29, 0.717) is 21.2 Å². The molecule has 1 unspecified atom stereocenters. The zero-order valence-corrected chi connectivity index (χ0v) is 11.8. The van der Waals surface area contributed by atoms with Crippen LogP contribution < -0.4 is 0 Å². The van der Waals surface area contributed by atoms with Gasteiger partial charge in [0.25, 0.3) is 5.69 Å². The zero-order chi connectivity index (χ0) is 14.7. The number of aliphatic hydroxyl groups is 1. The Balaban J connectivity index is 2.25. The first-order valence-electron chi connectivity index (χ1n) is 5.84. The number of rotatable bonds is 4. The molecule has 0 saturated heterocycles. The van der Waals surface area contributed by atoms with Crippen LogP contribution in [0.5, 0.6) is 0 Å². The summed E-state index contributed by atoms with van der Waals surface area (Å²) < 4.78 is 0. The molecule has 1 N–H and O–H groups in total. The predicted octanol–water partition coefficient (Wildman–Crippen LogP) is 4.18. The van der Waals surface area contributed by atoms with Gasteiger partial charge in [0, 0.05) is 18.1 Å². The Morgan fingerprint density at radius 1 is 1.15 bits per heavy atom. The van der Waals surface area contributed by atoms with Crippen LogP contribution in [0.25, 0.3) is 0 Å². The lowest BCUT2D eigenvalue weighted by atomic mass is 10.0. The van der Waals surface area contributed by atoms with E-state index in [9.17, 15) is 15.2 Å². The van der Waals surface area contributed by atoms with Crippen molar-refractivity contribution in [1.82, 2.24) is 0 Å². The molecule has 2 aromatic rings. The molecule has 6 heteroatoms. The topological polar surface area (TPSA) is 63.4 Å². The van der Waals surface area contributed by atoms with Gasteiger partial charge in [-0.3, -0.25) is 10.1 Å². The van der Waals surface area contributed by atoms with Gasteiger partial charge in [0.1, 0.15) is 0 Å². The maximum Gasteiger partial charge on any atom is 0.272 e. The van der Waals surface area contributed by atoms with Gasteiger partial charge in [-0.15, -0.1) is 0 Å². The van der Waals surface area contributed by atoms with Crippen molar-refractivity contribution in [2.75, 3.05) is 0 Å². The Labute approximate surface area is 125 Å². The van der Waals surface area contributed by atoms with Crippen molar-refractivity contribution in [3.63, 3.8) is 0 Å². The number of aliphatic hydroxyl groups excluding tert-OH is 1. The molecule has 0 aliphatic carbocycles. The maximum atomic E-state index is 10.9. The molecule has 0 aliphatic rings. The summed E-state index contributed by atoms with van der Waals surface area (Å²) in [5, 5.41) is 21.8. The number of nitro groups is 1. The number of benzene rings is 2. The molecule has 0 radical (unpaired) electrons. The van der Waals surface area contributed by atoms with Crippen molar-refractivity contribution in [2.24, 2.45) is 0 Å². The largest absolute Gasteiger partial charge is 0.388 e. The first-order chi connectivity index (χ1) is 9.49. The van der Waals surface area contributed by atoms with E-state index in [2.05, 4.69) is 0 Å². The minimum Gasteiger partial charge on any atom is -0.388 e. The minimum atomic E-state index is -0.883. The Morgan fingerprint density at radius 3 is 2.50 bits per heavy atom. The molecule has 1 atom stereocenters. The molecule has 0 aromatic heterocycles. The molecule has 0 saturated carbocycles. The molecule has 0 fully saturated rings. The van der Waals surface area contributed by atoms with Gasteiger partial charge in [-0.1, -0.05) is 47.5 Å². The van der Waals surface area contributed by atoms with Gasteiger partial charge in [-0.25, -0.2) is 0 Å². The van der Waals surface area contributed by atoms with E-state index in [1.807, 2.05) is 0 Å². The second-order valence-corrected chi connectivity index (χ2v) is 5.09. The van der Waals surface area contributed by atoms with Crippen molar-refractivity contribution >= 4 is 28.9 Å². The minimum absolute atomic E-state index is 0.00777. The lowest BCUT2D eigenvalue weighted by Crippen LogP contribution is -2.04. The van der Waals surface area contributed by atoms with Gasteiger partial charge in [-0.05, 0) is 17.7 Å². The molecule has 0 amide bonds. The van der Waals surface area contributed by atoms with E-state index in [0.717, 1.165) is 0 Å². The molecule has 0 aliphatic heterocycles. The normalized spacial score (nSPS) is 12.2. The summed E-state index contributed by atoms with van der Waals surface area (Å²) in [6, 6.07) is 11.1. The first-order valence-corrected chi connectivity index (χ1v) is 6.60. The third-order valence-corrected chi connectivity index (χ3v) is 3.67. The van der Waals surface area contributed by atoms with Gasteiger partial charge in [0.2, 0.25) is 0 Å². The molecule has 2 rings (SSSR count). The summed E-state index contributed by atoms with van der Waals surface area (Å²) in [6.45, 7) is 0. The van der Waals surface area contributed by atoms with Crippen LogP contribution in [0, 0.1) is 10.1 Å². The number of nitro benzene ring substituents is 1. The molecule has 2 aromatic carbocycles. The highest BCUT2D eigenvalue weighted by Crippen LogP contribution is 2.29. The number of hydrogen-bond acceptors (Lipinski definition) is 3. The fourth-order valence-electron chi connectivity index (χ4n) is 1.91. The average molecular weight is 312 g/mol. The van der Waals surface area contributed by atoms with Gasteiger partial charge in [-0.2, -0.15) is 0 Å². The summed E-state index contributed by atoms with van der Waals surface area (Å²) in [4.78, 5) is 10.5. The molecule has 4 nitrogen and oxygen atoms in total. The third-order valence-electron chi connectivity index (χ3n) is 2.93. The van der Waals surface area contributed by atoms with Crippen molar-refractivity contribution in [1.29, 1.82) is 0 Å². The summed E-state index contributed by atoms with van der Waals surface area (Å²) in [7, 11) is 0. The standard InChI is InChI=1S/C14H11Cl2NO3/c15-11-6-5-10(7-12(11)16)14(18)8-9-3-1-2-4-13(9)17(19)20/h1-7,14,18H,8H2. The van der Waals surface area contributed by atoms with Crippen LogP contribution in [-0.4, -0.2) is 10.0 Å². The highest BCUT2D eigenvalue weighted by atomic mass is 35.5. The molecular weight excluding hydrogens is 301 g/mol. The summed E-state index contributed by atoms with van der Waals surface area (Å²) in [5.41, 5.74) is 1.03. The van der Waals surface area contributed by atoms with Crippen molar-refractivity contribution in [3.05, 3.63) is 73.8 Å². The molecule has 0 heterocycles. The zero-order valence-electron chi connectivity index (χ0n) is 10.3. The lowest BCUT2D eigenvalue weighted by Gasteiger charge is -2.12. The average Bonchev–Trinajstić information content (AvgIpc) is 2.42. The fraction of sp³-hybridized carbons (Fsp3) is 0.143. The Morgan fingerprint density at radius 2 is 1.85 bits per heavy atom. The maximum absolute atomic E-state index is 10.9. The molecule has 0 spiro atoms. The molecule has 104 valence electrons. The van der Waals surface area contributed by atoms with E-state index < -0.39 is 11.0 Å². The van der Waals surface area contributed by atoms with Gasteiger partial charge in [0.05, 0.1) is 21.1 Å². The number of para-hydroxylation sites is 1. The summed E-state index contributed by atoms with van der Waals surface area (Å²) in [6.07, 6.45) is -0.749. The Hall–Kier alpha value is -1.62. The molecule has 0 bridgehead atoms. The van der Waals surface area contributed by atoms with Crippen LogP contribution in [-0.2, 0) is 6.42 Å². The van der Waals surface area contributed by atoms with Crippen LogP contribution in [0.4, 0.5) is 5.69 Å². The highest BCUT2D eigenvalue weighted by molar-refractivity contribution is 6.42. The van der Waals surface area contributed by atoms with Crippen LogP contribution in [0.1, 0.15) is 17.2 Å². The monoisotopic (exact) mass is 311 g/mol. The first kappa shape index (κ1) is 14.8. The molecular formula is C14H11Cl2NO3. The smallest absolute Gasteiger partial charge is 0.272 e. The van der Waals surface area contributed by atoms with Gasteiger partial charge < -0.3 is 5.11 Å².